The summed E-state index contributed by atoms with van der Waals surface area (Å²) in [7, 11) is 0. The van der Waals surface area contributed by atoms with E-state index in [-0.39, 0.29) is 41.2 Å². The van der Waals surface area contributed by atoms with Crippen molar-refractivity contribution in [2.45, 2.75) is 74.7 Å². The van der Waals surface area contributed by atoms with Gasteiger partial charge in [-0.15, -0.1) is 0 Å². The van der Waals surface area contributed by atoms with Gasteiger partial charge in [0.25, 0.3) is 0 Å². The number of fused-ring (bicyclic) bond motifs is 5. The van der Waals surface area contributed by atoms with Crippen molar-refractivity contribution in [1.29, 1.82) is 0 Å². The highest BCUT2D eigenvalue weighted by Gasteiger charge is 2.49. The summed E-state index contributed by atoms with van der Waals surface area (Å²) in [5.74, 6) is -0.611. The van der Waals surface area contributed by atoms with Crippen LogP contribution in [0.25, 0.3) is 22.0 Å². The van der Waals surface area contributed by atoms with E-state index in [2.05, 4.69) is 20.1 Å². The van der Waals surface area contributed by atoms with Crippen LogP contribution in [0.1, 0.15) is 56.4 Å². The van der Waals surface area contributed by atoms with Gasteiger partial charge in [-0.2, -0.15) is 9.97 Å². The van der Waals surface area contributed by atoms with Gasteiger partial charge in [0.15, 0.2) is 5.82 Å². The number of hydrogen-bond acceptors (Lipinski definition) is 7. The third-order valence-electron chi connectivity index (χ3n) is 10.1. The number of nitrogens with two attached hydrogens (primary N) is 1. The maximum absolute atomic E-state index is 16.6. The molecule has 3 N–H and O–H groups in total. The molecule has 0 spiro atoms. The van der Waals surface area contributed by atoms with E-state index in [0.29, 0.717) is 48.0 Å². The molecule has 6 fully saturated rings. The van der Waals surface area contributed by atoms with Crippen LogP contribution < -0.4 is 20.7 Å². The maximum atomic E-state index is 16.6. The van der Waals surface area contributed by atoms with Crippen LogP contribution in [0.5, 0.6) is 6.01 Å². The third-order valence-corrected chi connectivity index (χ3v) is 10.1. The van der Waals surface area contributed by atoms with Crippen LogP contribution >= 0.6 is 0 Å². The molecule has 2 aromatic carbocycles. The highest BCUT2D eigenvalue weighted by Crippen LogP contribution is 2.47. The van der Waals surface area contributed by atoms with Crippen molar-refractivity contribution >= 4 is 22.4 Å². The van der Waals surface area contributed by atoms with Crippen LogP contribution in [-0.2, 0) is 0 Å². The lowest BCUT2D eigenvalue weighted by molar-refractivity contribution is 0.107. The second-order valence-corrected chi connectivity index (χ2v) is 12.7. The topological polar surface area (TPSA) is 79.5 Å². The Morgan fingerprint density at radius 2 is 1.98 bits per heavy atom. The Hall–Kier alpha value is -3.11. The van der Waals surface area contributed by atoms with Crippen molar-refractivity contribution in [3.8, 4) is 17.1 Å². The summed E-state index contributed by atoms with van der Waals surface area (Å²) in [5, 5.41) is 3.87. The predicted molar refractivity (Wildman–Crippen MR) is 152 cm³/mol. The molecule has 1 saturated carbocycles. The second kappa shape index (κ2) is 9.46. The summed E-state index contributed by atoms with van der Waals surface area (Å²) in [6.45, 7) is 2.99. The van der Waals surface area contributed by atoms with Crippen LogP contribution in [0.15, 0.2) is 24.3 Å². The lowest BCUT2D eigenvalue weighted by atomic mass is 9.92. The molecule has 216 valence electrons. The smallest absolute Gasteiger partial charge is 0.319 e. The van der Waals surface area contributed by atoms with E-state index in [9.17, 15) is 4.39 Å². The summed E-state index contributed by atoms with van der Waals surface area (Å²) >= 11 is 0. The van der Waals surface area contributed by atoms with Crippen LogP contribution in [0.4, 0.5) is 24.7 Å². The number of piperidine rings is 2. The maximum Gasteiger partial charge on any atom is 0.319 e. The number of rotatable bonds is 6. The number of piperazine rings is 1. The molecule has 2 bridgehead atoms. The molecule has 9 rings (SSSR count). The average molecular weight is 565 g/mol. The predicted octanol–water partition coefficient (Wildman–Crippen LogP) is 4.93. The monoisotopic (exact) mass is 564 g/mol. The van der Waals surface area contributed by atoms with Gasteiger partial charge in [0.2, 0.25) is 0 Å². The van der Waals surface area contributed by atoms with Crippen molar-refractivity contribution < 1.29 is 17.9 Å². The summed E-state index contributed by atoms with van der Waals surface area (Å²) in [6.07, 6.45) is 5.38. The fraction of sp³-hybridized carbons (Fsp3) is 0.548. The van der Waals surface area contributed by atoms with E-state index in [1.807, 2.05) is 6.07 Å². The Labute approximate surface area is 237 Å². The Balaban J connectivity index is 1.26. The average Bonchev–Trinajstić information content (AvgIpc) is 3.67. The lowest BCUT2D eigenvalue weighted by Crippen LogP contribution is -2.61. The highest BCUT2D eigenvalue weighted by molar-refractivity contribution is 5.94. The lowest BCUT2D eigenvalue weighted by Gasteiger charge is -2.46. The SMILES string of the molecule is Nc1ccc(C2CC2)c(-c2c(F)cc3c(N4C[C@@H]5CCC4CN5)nc(OC[C@@]45CCCN4C[C@H](F)C5)nc3c2F)c1. The minimum absolute atomic E-state index is 0.0375. The number of nitrogens with one attached hydrogen (secondary N) is 1. The molecular formula is C31H35F3N6O. The molecule has 1 unspecified atom stereocenters. The molecule has 4 atom stereocenters. The molecule has 1 aliphatic carbocycles. The van der Waals surface area contributed by atoms with E-state index < -0.39 is 17.8 Å². The van der Waals surface area contributed by atoms with Crippen LogP contribution in [0.3, 0.4) is 0 Å². The Kier molecular flexibility index (Phi) is 5.90. The van der Waals surface area contributed by atoms with Gasteiger partial charge in [-0.3, -0.25) is 4.90 Å². The highest BCUT2D eigenvalue weighted by atomic mass is 19.1. The normalized spacial score (nSPS) is 29.4. The summed E-state index contributed by atoms with van der Waals surface area (Å²) in [4.78, 5) is 13.7. The second-order valence-electron chi connectivity index (χ2n) is 12.7. The molecule has 0 amide bonds. The first kappa shape index (κ1) is 25.6. The molecule has 10 heteroatoms. The van der Waals surface area contributed by atoms with E-state index in [1.165, 1.54) is 6.07 Å². The number of halogens is 3. The van der Waals surface area contributed by atoms with Crippen molar-refractivity contribution in [2.75, 3.05) is 43.4 Å². The molecule has 7 nitrogen and oxygen atoms in total. The van der Waals surface area contributed by atoms with E-state index in [1.54, 1.807) is 12.1 Å². The van der Waals surface area contributed by atoms with E-state index >= 15 is 8.78 Å². The summed E-state index contributed by atoms with van der Waals surface area (Å²) in [6, 6.07) is 7.23. The van der Waals surface area contributed by atoms with Gasteiger partial charge in [-0.25, -0.2) is 13.2 Å². The first-order valence-corrected chi connectivity index (χ1v) is 15.0. The van der Waals surface area contributed by atoms with Gasteiger partial charge >= 0.3 is 6.01 Å². The largest absolute Gasteiger partial charge is 0.461 e. The molecule has 0 radical (unpaired) electrons. The zero-order valence-corrected chi connectivity index (χ0v) is 23.0. The van der Waals surface area contributed by atoms with Gasteiger partial charge in [-0.05, 0) is 80.3 Å². The Bertz CT molecular complexity index is 1520. The molecule has 5 saturated heterocycles. The molecule has 1 aromatic heterocycles. The molecule has 5 aliphatic heterocycles. The van der Waals surface area contributed by atoms with Gasteiger partial charge in [-0.1, -0.05) is 6.07 Å². The third kappa shape index (κ3) is 4.24. The van der Waals surface area contributed by atoms with Gasteiger partial charge in [0, 0.05) is 49.2 Å². The van der Waals surface area contributed by atoms with Gasteiger partial charge < -0.3 is 20.7 Å². The van der Waals surface area contributed by atoms with Crippen molar-refractivity contribution in [2.24, 2.45) is 0 Å². The summed E-state index contributed by atoms with van der Waals surface area (Å²) in [5.41, 5.74) is 7.47. The molecular weight excluding hydrogens is 529 g/mol. The van der Waals surface area contributed by atoms with Crippen LogP contribution in [0.2, 0.25) is 0 Å². The van der Waals surface area contributed by atoms with Crippen molar-refractivity contribution in [3.05, 3.63) is 41.5 Å². The van der Waals surface area contributed by atoms with Gasteiger partial charge in [0.05, 0.1) is 11.1 Å². The fourth-order valence-corrected chi connectivity index (χ4v) is 7.85. The number of anilines is 2. The fourth-order valence-electron chi connectivity index (χ4n) is 7.85. The minimum atomic E-state index is -0.884. The minimum Gasteiger partial charge on any atom is -0.461 e. The quantitative estimate of drug-likeness (QED) is 0.411. The summed E-state index contributed by atoms with van der Waals surface area (Å²) < 4.78 is 53.2. The van der Waals surface area contributed by atoms with Crippen molar-refractivity contribution in [3.63, 3.8) is 0 Å². The van der Waals surface area contributed by atoms with Crippen molar-refractivity contribution in [1.82, 2.24) is 20.2 Å². The van der Waals surface area contributed by atoms with Crippen LogP contribution in [0, 0.1) is 11.6 Å². The first-order valence-electron chi connectivity index (χ1n) is 15.0. The zero-order valence-electron chi connectivity index (χ0n) is 23.0. The van der Waals surface area contributed by atoms with E-state index in [0.717, 1.165) is 57.2 Å². The zero-order chi connectivity index (χ0) is 27.9. The van der Waals surface area contributed by atoms with E-state index in [4.69, 9.17) is 15.5 Å². The Morgan fingerprint density at radius 3 is 2.73 bits per heavy atom. The number of aromatic nitrogens is 2. The molecule has 41 heavy (non-hydrogen) atoms. The number of alkyl halides is 1. The number of nitrogens with zero attached hydrogens (tertiary/aromatic N) is 4. The molecule has 6 aliphatic rings. The molecule has 3 aromatic rings. The van der Waals surface area contributed by atoms with Crippen LogP contribution in [-0.4, -0.2) is 71.4 Å². The Morgan fingerprint density at radius 1 is 1.10 bits per heavy atom. The van der Waals surface area contributed by atoms with Gasteiger partial charge in [0.1, 0.15) is 29.9 Å². The number of ether oxygens (including phenoxy) is 1. The molecule has 6 heterocycles. The number of hydrogen-bond donors (Lipinski definition) is 2. The number of benzene rings is 2. The number of nitrogen functional groups attached to an aromatic ring is 1. The standard InChI is InChI=1S/C31H35F3N6O/c32-18-12-31(8-1-9-39(31)14-18)16-41-30-37-28-24(29(38-30)40-15-20-5-6-21(40)13-36-20)11-25(33)26(27(28)34)23-10-19(35)4-7-22(23)17-2-3-17/h4,7,10-11,17-18,20-21,36H,1-3,5-6,8-9,12-16,35H2/t18-,20+,21?,31+/m1/s1. The first-order chi connectivity index (χ1) is 19.9.